The molecule has 8 heteroatoms. The van der Waals surface area contributed by atoms with Gasteiger partial charge in [0.05, 0.1) is 16.5 Å². The van der Waals surface area contributed by atoms with Crippen LogP contribution in [0.4, 0.5) is 10.1 Å². The highest BCUT2D eigenvalue weighted by molar-refractivity contribution is 9.10. The Hall–Kier alpha value is -1.77. The Kier molecular flexibility index (Phi) is 5.98. The van der Waals surface area contributed by atoms with Crippen LogP contribution in [0.5, 0.6) is 0 Å². The number of carbonyl (C=O) groups excluding carboxylic acids is 1. The molecule has 1 heterocycles. The lowest BCUT2D eigenvalue weighted by atomic mass is 9.98. The number of carbonyl (C=O) groups is 1. The summed E-state index contributed by atoms with van der Waals surface area (Å²) in [4.78, 5) is 12.8. The third-order valence-corrected chi connectivity index (χ3v) is 6.98. The molecule has 1 amide bonds. The predicted molar refractivity (Wildman–Crippen MR) is 105 cm³/mol. The SMILES string of the molecule is Cc1ccc(S(=O)(=O)N2CCC[C@H](C(=O)Nc3ccc(Br)cc3F)C2)cc1. The van der Waals surface area contributed by atoms with E-state index in [-0.39, 0.29) is 23.0 Å². The monoisotopic (exact) mass is 454 g/mol. The first-order valence-electron chi connectivity index (χ1n) is 8.60. The van der Waals surface area contributed by atoms with Crippen molar-refractivity contribution in [1.29, 1.82) is 0 Å². The molecule has 1 fully saturated rings. The Morgan fingerprint density at radius 1 is 1.22 bits per heavy atom. The van der Waals surface area contributed by atoms with Crippen molar-refractivity contribution in [1.82, 2.24) is 4.31 Å². The standard InChI is InChI=1S/C19H20BrFN2O3S/c1-13-4-7-16(8-5-13)27(25,26)23-10-2-3-14(12-23)19(24)22-18-9-6-15(20)11-17(18)21/h4-9,11,14H,2-3,10,12H2,1H3,(H,22,24)/t14-/m0/s1. The summed E-state index contributed by atoms with van der Waals surface area (Å²) < 4.78 is 41.5. The number of hydrogen-bond acceptors (Lipinski definition) is 3. The largest absolute Gasteiger partial charge is 0.323 e. The van der Waals surface area contributed by atoms with Crippen molar-refractivity contribution >= 4 is 37.5 Å². The lowest BCUT2D eigenvalue weighted by molar-refractivity contribution is -0.120. The molecule has 27 heavy (non-hydrogen) atoms. The van der Waals surface area contributed by atoms with Crippen LogP contribution < -0.4 is 5.32 Å². The maximum atomic E-state index is 13.9. The molecule has 0 saturated carbocycles. The number of nitrogens with zero attached hydrogens (tertiary/aromatic N) is 1. The number of anilines is 1. The molecule has 3 rings (SSSR count). The van der Waals surface area contributed by atoms with Gasteiger partial charge in [0, 0.05) is 17.6 Å². The molecule has 1 aliphatic rings. The second-order valence-electron chi connectivity index (χ2n) is 6.63. The highest BCUT2D eigenvalue weighted by atomic mass is 79.9. The van der Waals surface area contributed by atoms with Crippen LogP contribution in [-0.2, 0) is 14.8 Å². The van der Waals surface area contributed by atoms with Crippen LogP contribution in [0, 0.1) is 18.7 Å². The van der Waals surface area contributed by atoms with Gasteiger partial charge >= 0.3 is 0 Å². The third-order valence-electron chi connectivity index (χ3n) is 4.60. The number of piperidine rings is 1. The van der Waals surface area contributed by atoms with E-state index in [4.69, 9.17) is 0 Å². The van der Waals surface area contributed by atoms with E-state index >= 15 is 0 Å². The molecule has 0 spiro atoms. The van der Waals surface area contributed by atoms with Crippen LogP contribution in [-0.4, -0.2) is 31.7 Å². The number of hydrogen-bond donors (Lipinski definition) is 1. The van der Waals surface area contributed by atoms with Gasteiger partial charge in [-0.25, -0.2) is 12.8 Å². The minimum Gasteiger partial charge on any atom is -0.323 e. The highest BCUT2D eigenvalue weighted by Gasteiger charge is 2.33. The van der Waals surface area contributed by atoms with Gasteiger partial charge in [-0.3, -0.25) is 4.79 Å². The van der Waals surface area contributed by atoms with Crippen molar-refractivity contribution in [3.63, 3.8) is 0 Å². The lowest BCUT2D eigenvalue weighted by Gasteiger charge is -2.31. The third kappa shape index (κ3) is 4.56. The minimum atomic E-state index is -3.66. The number of sulfonamides is 1. The van der Waals surface area contributed by atoms with Crippen molar-refractivity contribution in [2.45, 2.75) is 24.7 Å². The van der Waals surface area contributed by atoms with Crippen LogP contribution in [0.2, 0.25) is 0 Å². The van der Waals surface area contributed by atoms with E-state index in [0.29, 0.717) is 23.9 Å². The van der Waals surface area contributed by atoms with Gasteiger partial charge in [-0.05, 0) is 50.1 Å². The second kappa shape index (κ2) is 8.08. The molecule has 1 aliphatic heterocycles. The molecular formula is C19H20BrFN2O3S. The number of nitrogens with one attached hydrogen (secondary N) is 1. The summed E-state index contributed by atoms with van der Waals surface area (Å²) in [6.45, 7) is 2.34. The number of rotatable bonds is 4. The minimum absolute atomic E-state index is 0.0835. The first kappa shape index (κ1) is 20.0. The molecule has 1 N–H and O–H groups in total. The second-order valence-corrected chi connectivity index (χ2v) is 9.48. The van der Waals surface area contributed by atoms with E-state index in [1.807, 2.05) is 6.92 Å². The number of aryl methyl sites for hydroxylation is 1. The molecule has 144 valence electrons. The van der Waals surface area contributed by atoms with Crippen LogP contribution in [0.25, 0.3) is 0 Å². The van der Waals surface area contributed by atoms with Crippen molar-refractivity contribution in [2.24, 2.45) is 5.92 Å². The molecule has 2 aromatic carbocycles. The van der Waals surface area contributed by atoms with Crippen molar-refractivity contribution in [3.05, 3.63) is 58.3 Å². The van der Waals surface area contributed by atoms with Gasteiger partial charge in [0.2, 0.25) is 15.9 Å². The van der Waals surface area contributed by atoms with Gasteiger partial charge in [0.1, 0.15) is 5.82 Å². The highest BCUT2D eigenvalue weighted by Crippen LogP contribution is 2.26. The average molecular weight is 455 g/mol. The van der Waals surface area contributed by atoms with Gasteiger partial charge in [-0.2, -0.15) is 4.31 Å². The summed E-state index contributed by atoms with van der Waals surface area (Å²) in [5.74, 6) is -1.44. The molecule has 2 aromatic rings. The average Bonchev–Trinajstić information content (AvgIpc) is 2.64. The fourth-order valence-corrected chi connectivity index (χ4v) is 4.92. The van der Waals surface area contributed by atoms with Crippen LogP contribution >= 0.6 is 15.9 Å². The van der Waals surface area contributed by atoms with Crippen molar-refractivity contribution < 1.29 is 17.6 Å². The van der Waals surface area contributed by atoms with Gasteiger partial charge in [-0.1, -0.05) is 33.6 Å². The van der Waals surface area contributed by atoms with Crippen LogP contribution in [0.3, 0.4) is 0 Å². The fourth-order valence-electron chi connectivity index (χ4n) is 3.06. The van der Waals surface area contributed by atoms with Gasteiger partial charge in [0.15, 0.2) is 0 Å². The van der Waals surface area contributed by atoms with Crippen LogP contribution in [0.15, 0.2) is 51.8 Å². The molecule has 1 saturated heterocycles. The fraction of sp³-hybridized carbons (Fsp3) is 0.316. The summed E-state index contributed by atoms with van der Waals surface area (Å²) in [6, 6.07) is 11.0. The Morgan fingerprint density at radius 2 is 1.93 bits per heavy atom. The quantitative estimate of drug-likeness (QED) is 0.760. The molecule has 5 nitrogen and oxygen atoms in total. The van der Waals surface area contributed by atoms with E-state index < -0.39 is 21.8 Å². The first-order chi connectivity index (χ1) is 12.8. The van der Waals surface area contributed by atoms with E-state index in [2.05, 4.69) is 21.2 Å². The van der Waals surface area contributed by atoms with Crippen molar-refractivity contribution in [3.8, 4) is 0 Å². The van der Waals surface area contributed by atoms with E-state index in [0.717, 1.165) is 5.56 Å². The van der Waals surface area contributed by atoms with Crippen LogP contribution in [0.1, 0.15) is 18.4 Å². The molecule has 0 aliphatic carbocycles. The smallest absolute Gasteiger partial charge is 0.243 e. The molecule has 0 unspecified atom stereocenters. The maximum Gasteiger partial charge on any atom is 0.243 e. The van der Waals surface area contributed by atoms with E-state index in [1.54, 1.807) is 30.3 Å². The van der Waals surface area contributed by atoms with Gasteiger partial charge < -0.3 is 5.32 Å². The molecule has 0 bridgehead atoms. The van der Waals surface area contributed by atoms with Gasteiger partial charge in [0.25, 0.3) is 0 Å². The summed E-state index contributed by atoms with van der Waals surface area (Å²) in [7, 11) is -3.66. The lowest BCUT2D eigenvalue weighted by Crippen LogP contribution is -2.43. The normalized spacial score (nSPS) is 18.3. The summed E-state index contributed by atoms with van der Waals surface area (Å²) in [5.41, 5.74) is 1.06. The zero-order valence-corrected chi connectivity index (χ0v) is 17.2. The maximum absolute atomic E-state index is 13.9. The number of amides is 1. The summed E-state index contributed by atoms with van der Waals surface area (Å²) >= 11 is 3.17. The zero-order chi connectivity index (χ0) is 19.6. The number of halogens is 2. The molecule has 0 radical (unpaired) electrons. The first-order valence-corrected chi connectivity index (χ1v) is 10.8. The molecule has 0 aromatic heterocycles. The predicted octanol–water partition coefficient (Wildman–Crippen LogP) is 3.94. The Bertz CT molecular complexity index is 948. The Labute approximate surface area is 166 Å². The molecule has 1 atom stereocenters. The topological polar surface area (TPSA) is 66.5 Å². The van der Waals surface area contributed by atoms with E-state index in [1.165, 1.54) is 16.4 Å². The zero-order valence-electron chi connectivity index (χ0n) is 14.8. The molecular weight excluding hydrogens is 435 g/mol. The number of benzene rings is 2. The van der Waals surface area contributed by atoms with Gasteiger partial charge in [-0.15, -0.1) is 0 Å². The van der Waals surface area contributed by atoms with E-state index in [9.17, 15) is 17.6 Å². The van der Waals surface area contributed by atoms with Crippen molar-refractivity contribution in [2.75, 3.05) is 18.4 Å². The Morgan fingerprint density at radius 3 is 2.59 bits per heavy atom. The Balaban J connectivity index is 1.73. The summed E-state index contributed by atoms with van der Waals surface area (Å²) in [6.07, 6.45) is 1.13. The summed E-state index contributed by atoms with van der Waals surface area (Å²) in [5, 5.41) is 2.57.